The van der Waals surface area contributed by atoms with Crippen molar-refractivity contribution in [3.63, 3.8) is 0 Å². The molecule has 2 N–H and O–H groups in total. The standard InChI is InChI=1S/C10H11F3O3Si/c11-10(12,13)8-3-1-2-7(6-8)4-5-17-16-9(14)15/h1-3,6,9,14-15H,4-5H2. The van der Waals surface area contributed by atoms with Gasteiger partial charge in [0.25, 0.3) is 6.48 Å². The van der Waals surface area contributed by atoms with Gasteiger partial charge >= 0.3 is 6.18 Å². The highest BCUT2D eigenvalue weighted by Crippen LogP contribution is 2.29. The Hall–Kier alpha value is -0.893. The lowest BCUT2D eigenvalue weighted by Gasteiger charge is -2.08. The molecule has 0 aliphatic heterocycles. The summed E-state index contributed by atoms with van der Waals surface area (Å²) in [7, 11) is -0.160. The molecule has 0 saturated carbocycles. The van der Waals surface area contributed by atoms with Gasteiger partial charge in [-0.05, 0) is 24.1 Å². The zero-order valence-electron chi connectivity index (χ0n) is 8.74. The predicted octanol–water partition coefficient (Wildman–Crippen LogP) is 1.57. The molecule has 0 spiro atoms. The van der Waals surface area contributed by atoms with Gasteiger partial charge in [-0.3, -0.25) is 0 Å². The van der Waals surface area contributed by atoms with Crippen molar-refractivity contribution in [2.45, 2.75) is 25.1 Å². The normalized spacial score (nSPS) is 12.1. The number of rotatable bonds is 5. The molecule has 0 atom stereocenters. The van der Waals surface area contributed by atoms with E-state index in [1.807, 2.05) is 0 Å². The maximum atomic E-state index is 12.4. The topological polar surface area (TPSA) is 49.7 Å². The molecule has 0 heterocycles. The molecule has 0 fully saturated rings. The van der Waals surface area contributed by atoms with Crippen LogP contribution in [-0.2, 0) is 17.0 Å². The first-order valence-electron chi connectivity index (χ1n) is 4.80. The second-order valence-electron chi connectivity index (χ2n) is 3.29. The van der Waals surface area contributed by atoms with Crippen molar-refractivity contribution in [2.75, 3.05) is 0 Å². The summed E-state index contributed by atoms with van der Waals surface area (Å²) in [6.45, 7) is -1.82. The van der Waals surface area contributed by atoms with Gasteiger partial charge in [0.1, 0.15) is 0 Å². The van der Waals surface area contributed by atoms with Crippen molar-refractivity contribution in [3.8, 4) is 0 Å². The molecule has 1 rings (SSSR count). The van der Waals surface area contributed by atoms with E-state index in [0.29, 0.717) is 18.0 Å². The van der Waals surface area contributed by atoms with Crippen LogP contribution in [0.25, 0.3) is 0 Å². The van der Waals surface area contributed by atoms with Crippen molar-refractivity contribution in [1.82, 2.24) is 0 Å². The Morgan fingerprint density at radius 2 is 2.00 bits per heavy atom. The van der Waals surface area contributed by atoms with Crippen LogP contribution in [0.15, 0.2) is 24.3 Å². The van der Waals surface area contributed by atoms with Gasteiger partial charge in [-0.25, -0.2) is 0 Å². The molecular formula is C10H11F3O3Si. The summed E-state index contributed by atoms with van der Waals surface area (Å²) in [4.78, 5) is 0. The number of benzene rings is 1. The van der Waals surface area contributed by atoms with Gasteiger partial charge in [-0.2, -0.15) is 13.2 Å². The van der Waals surface area contributed by atoms with Gasteiger partial charge in [-0.15, -0.1) is 0 Å². The SMILES string of the molecule is OC(O)O[Si]CCc1cccc(C(F)(F)F)c1. The highest BCUT2D eigenvalue weighted by Gasteiger charge is 2.30. The fraction of sp³-hybridized carbons (Fsp3) is 0.400. The number of aryl methyl sites for hydroxylation is 1. The highest BCUT2D eigenvalue weighted by atomic mass is 28.2. The van der Waals surface area contributed by atoms with E-state index >= 15 is 0 Å². The number of alkyl halides is 3. The van der Waals surface area contributed by atoms with E-state index in [1.165, 1.54) is 6.07 Å². The molecular weight excluding hydrogens is 253 g/mol. The third kappa shape index (κ3) is 5.31. The lowest BCUT2D eigenvalue weighted by atomic mass is 10.1. The van der Waals surface area contributed by atoms with Crippen LogP contribution in [0.2, 0.25) is 6.04 Å². The number of aliphatic hydroxyl groups is 2. The van der Waals surface area contributed by atoms with Gasteiger partial charge in [0.15, 0.2) is 0 Å². The van der Waals surface area contributed by atoms with Crippen molar-refractivity contribution in [1.29, 1.82) is 0 Å². The van der Waals surface area contributed by atoms with Crippen molar-refractivity contribution in [3.05, 3.63) is 35.4 Å². The van der Waals surface area contributed by atoms with E-state index in [9.17, 15) is 13.2 Å². The van der Waals surface area contributed by atoms with Gasteiger partial charge < -0.3 is 14.6 Å². The summed E-state index contributed by atoms with van der Waals surface area (Å²) in [6, 6.07) is 5.48. The molecule has 94 valence electrons. The van der Waals surface area contributed by atoms with Crippen LogP contribution in [0, 0.1) is 0 Å². The first-order valence-corrected chi connectivity index (χ1v) is 5.92. The summed E-state index contributed by atoms with van der Waals surface area (Å²) in [5.74, 6) is 0. The van der Waals surface area contributed by atoms with Crippen molar-refractivity contribution in [2.24, 2.45) is 0 Å². The zero-order valence-corrected chi connectivity index (χ0v) is 9.74. The Balaban J connectivity index is 2.49. The number of halogens is 3. The predicted molar refractivity (Wildman–Crippen MR) is 55.0 cm³/mol. The van der Waals surface area contributed by atoms with Crippen LogP contribution in [-0.4, -0.2) is 26.5 Å². The van der Waals surface area contributed by atoms with Crippen LogP contribution in [0.1, 0.15) is 11.1 Å². The molecule has 1 aromatic carbocycles. The van der Waals surface area contributed by atoms with E-state index in [2.05, 4.69) is 4.43 Å². The molecule has 7 heteroatoms. The second-order valence-corrected chi connectivity index (χ2v) is 4.31. The molecule has 0 aliphatic rings. The van der Waals surface area contributed by atoms with E-state index in [4.69, 9.17) is 10.2 Å². The minimum atomic E-state index is -4.34. The molecule has 0 unspecified atom stereocenters. The molecule has 0 saturated heterocycles. The largest absolute Gasteiger partial charge is 0.416 e. The molecule has 0 bridgehead atoms. The van der Waals surface area contributed by atoms with Gasteiger partial charge in [-0.1, -0.05) is 18.2 Å². The lowest BCUT2D eigenvalue weighted by Crippen LogP contribution is -2.13. The minimum absolute atomic E-state index is 0.160. The monoisotopic (exact) mass is 264 g/mol. The minimum Gasteiger partial charge on any atom is -0.372 e. The average molecular weight is 264 g/mol. The number of aliphatic hydroxyl groups excluding tert-OH is 1. The number of hydrogen-bond donors (Lipinski definition) is 2. The molecule has 0 amide bonds. The highest BCUT2D eigenvalue weighted by molar-refractivity contribution is 6.27. The quantitative estimate of drug-likeness (QED) is 0.482. The summed E-state index contributed by atoms with van der Waals surface area (Å²) < 4.78 is 41.6. The third-order valence-corrected chi connectivity index (χ3v) is 2.79. The van der Waals surface area contributed by atoms with Crippen LogP contribution in [0.3, 0.4) is 0 Å². The van der Waals surface area contributed by atoms with Crippen LogP contribution in [0.4, 0.5) is 13.2 Å². The first-order chi connectivity index (χ1) is 7.89. The summed E-state index contributed by atoms with van der Waals surface area (Å²) >= 11 is 0. The van der Waals surface area contributed by atoms with E-state index < -0.39 is 18.2 Å². The zero-order chi connectivity index (χ0) is 12.9. The first kappa shape index (κ1) is 14.2. The molecule has 2 radical (unpaired) electrons. The molecule has 0 aromatic heterocycles. The van der Waals surface area contributed by atoms with E-state index in [1.54, 1.807) is 6.07 Å². The molecule has 1 aromatic rings. The summed E-state index contributed by atoms with van der Waals surface area (Å²) in [6.07, 6.45) is -3.94. The van der Waals surface area contributed by atoms with E-state index in [-0.39, 0.29) is 9.76 Å². The van der Waals surface area contributed by atoms with Crippen LogP contribution in [0.5, 0.6) is 0 Å². The smallest absolute Gasteiger partial charge is 0.372 e. The summed E-state index contributed by atoms with van der Waals surface area (Å²) in [5, 5.41) is 16.8. The van der Waals surface area contributed by atoms with Crippen molar-refractivity contribution < 1.29 is 27.8 Å². The Morgan fingerprint density at radius 3 is 2.59 bits per heavy atom. The Morgan fingerprint density at radius 1 is 1.29 bits per heavy atom. The van der Waals surface area contributed by atoms with Crippen molar-refractivity contribution >= 4 is 9.76 Å². The van der Waals surface area contributed by atoms with Crippen LogP contribution >= 0.6 is 0 Å². The lowest BCUT2D eigenvalue weighted by molar-refractivity contribution is -0.180. The molecule has 3 nitrogen and oxygen atoms in total. The maximum absolute atomic E-state index is 12.4. The Bertz CT molecular complexity index is 355. The number of hydrogen-bond acceptors (Lipinski definition) is 3. The fourth-order valence-corrected chi connectivity index (χ4v) is 1.89. The summed E-state index contributed by atoms with van der Waals surface area (Å²) in [5.41, 5.74) is -0.134. The molecule has 0 aliphatic carbocycles. The fourth-order valence-electron chi connectivity index (χ4n) is 1.23. The van der Waals surface area contributed by atoms with Crippen LogP contribution < -0.4 is 0 Å². The van der Waals surface area contributed by atoms with Gasteiger partial charge in [0, 0.05) is 0 Å². The van der Waals surface area contributed by atoms with E-state index in [0.717, 1.165) is 12.1 Å². The maximum Gasteiger partial charge on any atom is 0.416 e. The third-order valence-electron chi connectivity index (χ3n) is 1.96. The average Bonchev–Trinajstić information content (AvgIpc) is 2.23. The van der Waals surface area contributed by atoms with Gasteiger partial charge in [0.05, 0.1) is 5.56 Å². The Kier molecular flexibility index (Phi) is 5.13. The molecule has 17 heavy (non-hydrogen) atoms. The Labute approximate surface area is 98.8 Å². The van der Waals surface area contributed by atoms with Gasteiger partial charge in [0.2, 0.25) is 9.76 Å². The second kappa shape index (κ2) is 6.15.